The van der Waals surface area contributed by atoms with E-state index in [4.69, 9.17) is 36.1 Å². The number of nitrogens with one attached hydrogen (secondary N) is 4. The lowest BCUT2D eigenvalue weighted by atomic mass is 10.0. The molecule has 0 aliphatic carbocycles. The molecular formula is C41H58N8O10. The summed E-state index contributed by atoms with van der Waals surface area (Å²) in [7, 11) is 0. The summed E-state index contributed by atoms with van der Waals surface area (Å²) in [5, 5.41) is 10.9. The van der Waals surface area contributed by atoms with Crippen molar-refractivity contribution in [2.45, 2.75) is 50.6 Å². The zero-order valence-corrected chi connectivity index (χ0v) is 33.5. The first-order valence-electron chi connectivity index (χ1n) is 19.7. The van der Waals surface area contributed by atoms with Crippen molar-refractivity contribution in [1.82, 2.24) is 21.3 Å². The molecule has 10 N–H and O–H groups in total. The highest BCUT2D eigenvalue weighted by molar-refractivity contribution is 5.97. The van der Waals surface area contributed by atoms with E-state index in [1.54, 1.807) is 4.90 Å². The van der Waals surface area contributed by atoms with Crippen LogP contribution in [0.1, 0.15) is 55.2 Å². The van der Waals surface area contributed by atoms with Crippen LogP contribution in [0.15, 0.2) is 48.5 Å². The Bertz CT molecular complexity index is 1720. The Labute approximate surface area is 344 Å². The Hall–Kier alpha value is -5.42. The Morgan fingerprint density at radius 2 is 1.10 bits per heavy atom. The van der Waals surface area contributed by atoms with Gasteiger partial charge < -0.3 is 62.3 Å². The molecule has 322 valence electrons. The number of para-hydroxylation sites is 1. The van der Waals surface area contributed by atoms with Gasteiger partial charge in [0, 0.05) is 82.4 Å². The molecule has 0 spiro atoms. The molecule has 3 rings (SSSR count). The number of hydrogen-bond acceptors (Lipinski definition) is 12. The second-order valence-electron chi connectivity index (χ2n) is 13.6. The molecule has 1 aliphatic rings. The monoisotopic (exact) mass is 822 g/mol. The number of carbonyl (C=O) groups excluding carboxylic acids is 6. The van der Waals surface area contributed by atoms with Crippen LogP contribution < -0.4 is 43.4 Å². The zero-order chi connectivity index (χ0) is 42.7. The molecule has 1 aliphatic heterocycles. The maximum Gasteiger partial charge on any atom is 0.227 e. The van der Waals surface area contributed by atoms with Gasteiger partial charge in [0.15, 0.2) is 0 Å². The van der Waals surface area contributed by atoms with Gasteiger partial charge in [-0.3, -0.25) is 28.8 Å². The van der Waals surface area contributed by atoms with Crippen LogP contribution in [0.3, 0.4) is 0 Å². The van der Waals surface area contributed by atoms with Gasteiger partial charge in [-0.15, -0.1) is 0 Å². The number of benzene rings is 2. The molecule has 0 fully saturated rings. The summed E-state index contributed by atoms with van der Waals surface area (Å²) < 4.78 is 22.9. The van der Waals surface area contributed by atoms with Crippen molar-refractivity contribution >= 4 is 41.1 Å². The number of amides is 6. The maximum atomic E-state index is 13.4. The van der Waals surface area contributed by atoms with Crippen LogP contribution in [0.5, 0.6) is 0 Å². The molecule has 18 heteroatoms. The lowest BCUT2D eigenvalue weighted by molar-refractivity contribution is -0.131. The molecule has 0 saturated carbocycles. The fraction of sp³-hybridized carbons (Fsp3) is 0.512. The van der Waals surface area contributed by atoms with Gasteiger partial charge in [-0.05, 0) is 23.8 Å². The highest BCUT2D eigenvalue weighted by Crippen LogP contribution is 2.26. The van der Waals surface area contributed by atoms with Crippen LogP contribution in [0.2, 0.25) is 0 Å². The van der Waals surface area contributed by atoms with Crippen molar-refractivity contribution < 1.29 is 47.7 Å². The van der Waals surface area contributed by atoms with E-state index in [-0.39, 0.29) is 135 Å². The normalized spacial score (nSPS) is 11.8. The van der Waals surface area contributed by atoms with E-state index in [0.29, 0.717) is 25.3 Å². The fourth-order valence-electron chi connectivity index (χ4n) is 5.68. The summed E-state index contributed by atoms with van der Waals surface area (Å²) in [6.07, 6.45) is -0.120. The van der Waals surface area contributed by atoms with Gasteiger partial charge in [0.2, 0.25) is 35.4 Å². The number of carbonyl (C=O) groups is 6. The van der Waals surface area contributed by atoms with Crippen molar-refractivity contribution in [3.8, 4) is 11.8 Å². The number of nitrogens with two attached hydrogens (primary N) is 3. The molecule has 59 heavy (non-hydrogen) atoms. The topological polar surface area (TPSA) is 269 Å². The van der Waals surface area contributed by atoms with E-state index in [1.165, 1.54) is 0 Å². The molecule has 2 aromatic rings. The van der Waals surface area contributed by atoms with Crippen LogP contribution in [0, 0.1) is 11.8 Å². The smallest absolute Gasteiger partial charge is 0.227 e. The van der Waals surface area contributed by atoms with Crippen LogP contribution >= 0.6 is 0 Å². The van der Waals surface area contributed by atoms with Crippen molar-refractivity contribution in [2.24, 2.45) is 17.2 Å². The molecule has 0 unspecified atom stereocenters. The van der Waals surface area contributed by atoms with E-state index < -0.39 is 17.4 Å². The van der Waals surface area contributed by atoms with E-state index in [1.807, 2.05) is 48.5 Å². The summed E-state index contributed by atoms with van der Waals surface area (Å²) in [5.74, 6) is 4.27. The maximum absolute atomic E-state index is 13.4. The van der Waals surface area contributed by atoms with Crippen LogP contribution in [-0.2, 0) is 54.3 Å². The summed E-state index contributed by atoms with van der Waals surface area (Å²) in [6, 6.07) is 15.1. The second kappa shape index (κ2) is 27.3. The Kier molecular flexibility index (Phi) is 22.2. The largest absolute Gasteiger partial charge is 0.379 e. The fourth-order valence-corrected chi connectivity index (χ4v) is 5.68. The standard InChI is InChI=1S/C41H58N8O10/c42-17-19-45-37(52)14-24-58-29-41(28-57-22-13-35(44)50,30-59-25-15-38(53)46-20-18-43)48-39(54)16-23-56-26-21-47-36(51)11-12-40(55)49-27-33-7-2-1-5-31(33)9-10-32-6-3-4-8-34(32)49/h1-8H,11-30,42-43H2,(H2,44,50)(H,45,52)(H,46,53)(H,47,51)(H,48,54). The van der Waals surface area contributed by atoms with Gasteiger partial charge >= 0.3 is 0 Å². The van der Waals surface area contributed by atoms with Gasteiger partial charge in [-0.25, -0.2) is 0 Å². The average molecular weight is 823 g/mol. The first-order chi connectivity index (χ1) is 28.6. The number of nitrogens with zero attached hydrogens (tertiary/aromatic N) is 1. The highest BCUT2D eigenvalue weighted by Gasteiger charge is 2.34. The number of anilines is 1. The number of rotatable bonds is 29. The molecule has 0 bridgehead atoms. The van der Waals surface area contributed by atoms with E-state index >= 15 is 0 Å². The minimum Gasteiger partial charge on any atom is -0.379 e. The number of fused-ring (bicyclic) bond motifs is 2. The van der Waals surface area contributed by atoms with Crippen LogP contribution in [0.4, 0.5) is 5.69 Å². The van der Waals surface area contributed by atoms with Crippen molar-refractivity contribution in [3.63, 3.8) is 0 Å². The van der Waals surface area contributed by atoms with Crippen LogP contribution in [0.25, 0.3) is 0 Å². The minimum absolute atomic E-state index is 0.00187. The number of ether oxygens (including phenoxy) is 4. The molecule has 0 aromatic heterocycles. The molecule has 6 amide bonds. The van der Waals surface area contributed by atoms with Crippen molar-refractivity contribution in [1.29, 1.82) is 0 Å². The Morgan fingerprint density at radius 3 is 1.73 bits per heavy atom. The van der Waals surface area contributed by atoms with Crippen LogP contribution in [-0.4, -0.2) is 127 Å². The molecule has 0 atom stereocenters. The van der Waals surface area contributed by atoms with Gasteiger partial charge in [0.05, 0.1) is 65.1 Å². The average Bonchev–Trinajstić information content (AvgIpc) is 3.22. The third-order valence-corrected chi connectivity index (χ3v) is 8.69. The lowest BCUT2D eigenvalue weighted by Gasteiger charge is -2.34. The van der Waals surface area contributed by atoms with Crippen molar-refractivity contribution in [2.75, 3.05) is 90.5 Å². The van der Waals surface area contributed by atoms with E-state index in [2.05, 4.69) is 33.1 Å². The van der Waals surface area contributed by atoms with Gasteiger partial charge in [-0.2, -0.15) is 0 Å². The summed E-state index contributed by atoms with van der Waals surface area (Å²) >= 11 is 0. The molecule has 18 nitrogen and oxygen atoms in total. The van der Waals surface area contributed by atoms with E-state index in [0.717, 1.165) is 16.7 Å². The third-order valence-electron chi connectivity index (χ3n) is 8.69. The molecule has 1 heterocycles. The number of primary amides is 1. The predicted octanol–water partition coefficient (Wildman–Crippen LogP) is -1.05. The van der Waals surface area contributed by atoms with Gasteiger partial charge in [-0.1, -0.05) is 42.2 Å². The summed E-state index contributed by atoms with van der Waals surface area (Å²) in [5.41, 5.74) is 18.0. The predicted molar refractivity (Wildman–Crippen MR) is 218 cm³/mol. The first-order valence-corrected chi connectivity index (χ1v) is 19.7. The second-order valence-corrected chi connectivity index (χ2v) is 13.6. The van der Waals surface area contributed by atoms with Crippen molar-refractivity contribution in [3.05, 3.63) is 65.2 Å². The summed E-state index contributed by atoms with van der Waals surface area (Å²) in [4.78, 5) is 76.5. The molecule has 0 radical (unpaired) electrons. The molecule has 2 aromatic carbocycles. The quantitative estimate of drug-likeness (QED) is 0.0383. The van der Waals surface area contributed by atoms with E-state index in [9.17, 15) is 28.8 Å². The third kappa shape index (κ3) is 18.8. The van der Waals surface area contributed by atoms with Gasteiger partial charge in [0.1, 0.15) is 5.54 Å². The minimum atomic E-state index is -1.28. The Balaban J connectivity index is 1.49. The van der Waals surface area contributed by atoms with Gasteiger partial charge in [0.25, 0.3) is 0 Å². The molecular weight excluding hydrogens is 764 g/mol. The summed E-state index contributed by atoms with van der Waals surface area (Å²) in [6.45, 7) is 1.36. The highest BCUT2D eigenvalue weighted by atomic mass is 16.5. The Morgan fingerprint density at radius 1 is 0.593 bits per heavy atom. The molecule has 0 saturated heterocycles. The SMILES string of the molecule is NCCNC(=O)CCOCC(COCCC(N)=O)(COCCC(=O)NCCN)NC(=O)CCOCCNC(=O)CCC(=O)N1Cc2ccccc2C#Cc2ccccc21. The lowest BCUT2D eigenvalue weighted by Crippen LogP contribution is -2.59. The number of hydrogen-bond donors (Lipinski definition) is 7. The zero-order valence-electron chi connectivity index (χ0n) is 33.5. The first kappa shape index (κ1) is 48.0.